The molecule has 7 nitrogen and oxygen atoms in total. The fourth-order valence-corrected chi connectivity index (χ4v) is 7.37. The highest BCUT2D eigenvalue weighted by molar-refractivity contribution is 8.01. The second kappa shape index (κ2) is 14.5. The molecule has 45 heavy (non-hydrogen) atoms. The normalized spacial score (nSPS) is 19.7. The van der Waals surface area contributed by atoms with E-state index in [2.05, 4.69) is 58.8 Å². The second-order valence-electron chi connectivity index (χ2n) is 11.1. The molecule has 1 aliphatic rings. The van der Waals surface area contributed by atoms with E-state index in [-0.39, 0.29) is 30.6 Å². The summed E-state index contributed by atoms with van der Waals surface area (Å²) in [5.74, 6) is 0.726. The van der Waals surface area contributed by atoms with Crippen molar-refractivity contribution in [3.63, 3.8) is 0 Å². The highest BCUT2D eigenvalue weighted by Crippen LogP contribution is 2.43. The van der Waals surface area contributed by atoms with Crippen LogP contribution in [-0.2, 0) is 22.6 Å². The van der Waals surface area contributed by atoms with E-state index in [9.17, 15) is 9.90 Å². The summed E-state index contributed by atoms with van der Waals surface area (Å²) in [6.07, 6.45) is -0.803. The number of nitrogens with one attached hydrogen (secondary N) is 1. The molecule has 0 spiro atoms. The molecule has 6 rings (SSSR count). The lowest BCUT2D eigenvalue weighted by atomic mass is 9.91. The molecule has 9 heteroatoms. The van der Waals surface area contributed by atoms with Gasteiger partial charge in [-0.2, -0.15) is 0 Å². The number of carbonyl (C=O) groups is 1. The first kappa shape index (κ1) is 31.1. The van der Waals surface area contributed by atoms with Crippen molar-refractivity contribution in [1.82, 2.24) is 15.5 Å². The van der Waals surface area contributed by atoms with Crippen LogP contribution >= 0.6 is 23.1 Å². The minimum atomic E-state index is -0.543. The minimum absolute atomic E-state index is 0.00516. The number of aliphatic hydroxyl groups excluding tert-OH is 1. The van der Waals surface area contributed by atoms with Gasteiger partial charge in [0.1, 0.15) is 5.01 Å². The van der Waals surface area contributed by atoms with E-state index in [1.54, 1.807) is 23.1 Å². The van der Waals surface area contributed by atoms with Gasteiger partial charge in [-0.05, 0) is 52.9 Å². The lowest BCUT2D eigenvalue weighted by molar-refractivity contribution is -0.268. The van der Waals surface area contributed by atoms with Gasteiger partial charge >= 0.3 is 0 Å². The summed E-state index contributed by atoms with van der Waals surface area (Å²) in [6, 6.07) is 33.7. The Morgan fingerprint density at radius 3 is 2.33 bits per heavy atom. The van der Waals surface area contributed by atoms with Gasteiger partial charge in [-0.1, -0.05) is 115 Å². The van der Waals surface area contributed by atoms with Gasteiger partial charge < -0.3 is 19.9 Å². The molecule has 1 amide bonds. The molecule has 1 aromatic heterocycles. The van der Waals surface area contributed by atoms with E-state index in [1.807, 2.05) is 73.7 Å². The highest BCUT2D eigenvalue weighted by atomic mass is 32.2. The molecular formula is C36H35N3O4S2. The molecule has 4 aromatic carbocycles. The van der Waals surface area contributed by atoms with Gasteiger partial charge in [0, 0.05) is 29.3 Å². The number of carbonyl (C=O) groups excluding carboxylic acids is 1. The van der Waals surface area contributed by atoms with Crippen LogP contribution in [-0.4, -0.2) is 33.1 Å². The smallest absolute Gasteiger partial charge is 0.251 e. The van der Waals surface area contributed by atoms with E-state index >= 15 is 0 Å². The number of ether oxygens (including phenoxy) is 2. The van der Waals surface area contributed by atoms with Crippen LogP contribution in [0.15, 0.2) is 107 Å². The quantitative estimate of drug-likeness (QED) is 0.153. The van der Waals surface area contributed by atoms with Gasteiger partial charge in [-0.3, -0.25) is 4.79 Å². The Bertz CT molecular complexity index is 1710. The Morgan fingerprint density at radius 1 is 0.867 bits per heavy atom. The van der Waals surface area contributed by atoms with Crippen molar-refractivity contribution >= 4 is 29.0 Å². The maximum absolute atomic E-state index is 12.5. The van der Waals surface area contributed by atoms with E-state index in [0.717, 1.165) is 48.5 Å². The van der Waals surface area contributed by atoms with E-state index in [1.165, 1.54) is 0 Å². The van der Waals surface area contributed by atoms with Crippen LogP contribution in [0.25, 0.3) is 11.1 Å². The van der Waals surface area contributed by atoms with Crippen LogP contribution in [0.5, 0.6) is 0 Å². The van der Waals surface area contributed by atoms with Gasteiger partial charge in [0.2, 0.25) is 0 Å². The molecule has 1 saturated heterocycles. The predicted molar refractivity (Wildman–Crippen MR) is 178 cm³/mol. The molecule has 0 saturated carbocycles. The number of rotatable bonds is 10. The lowest BCUT2D eigenvalue weighted by Crippen LogP contribution is -2.38. The molecule has 0 bridgehead atoms. The van der Waals surface area contributed by atoms with Crippen LogP contribution in [0.4, 0.5) is 0 Å². The van der Waals surface area contributed by atoms with Crippen LogP contribution < -0.4 is 5.32 Å². The molecule has 2 heterocycles. The van der Waals surface area contributed by atoms with E-state index in [0.29, 0.717) is 12.1 Å². The van der Waals surface area contributed by atoms with Crippen molar-refractivity contribution in [2.24, 2.45) is 5.92 Å². The Kier molecular flexibility index (Phi) is 10.0. The zero-order valence-corrected chi connectivity index (χ0v) is 26.8. The van der Waals surface area contributed by atoms with Gasteiger partial charge in [0.15, 0.2) is 10.6 Å². The summed E-state index contributed by atoms with van der Waals surface area (Å²) in [5, 5.41) is 21.9. The first-order valence-electron chi connectivity index (χ1n) is 14.9. The van der Waals surface area contributed by atoms with Gasteiger partial charge in [0.05, 0.1) is 18.8 Å². The first-order valence-corrected chi connectivity index (χ1v) is 16.7. The average Bonchev–Trinajstić information content (AvgIpc) is 3.52. The summed E-state index contributed by atoms with van der Waals surface area (Å²) >= 11 is 3.25. The molecule has 4 atom stereocenters. The van der Waals surface area contributed by atoms with Crippen molar-refractivity contribution in [2.45, 2.75) is 49.8 Å². The monoisotopic (exact) mass is 637 g/mol. The number of hydrogen-bond donors (Lipinski definition) is 2. The summed E-state index contributed by atoms with van der Waals surface area (Å²) in [7, 11) is 0. The number of amides is 1. The first-order chi connectivity index (χ1) is 22.0. The van der Waals surface area contributed by atoms with Gasteiger partial charge in [-0.25, -0.2) is 0 Å². The molecule has 1 fully saturated rings. The molecule has 5 aromatic rings. The van der Waals surface area contributed by atoms with E-state index in [4.69, 9.17) is 9.47 Å². The van der Waals surface area contributed by atoms with Crippen LogP contribution in [0, 0.1) is 12.8 Å². The van der Waals surface area contributed by atoms with Crippen LogP contribution in [0.2, 0.25) is 0 Å². The SMILES string of the molecule is Cc1nnc(SC[C@@H]2O[C@H](c3ccc(-c4cccc(CNC(=O)c5ccccc5)c4)cc3)O[C@H](c3ccc(CO)cc3)[C@@H]2C)s1. The van der Waals surface area contributed by atoms with Crippen molar-refractivity contribution in [3.05, 3.63) is 136 Å². The van der Waals surface area contributed by atoms with Crippen LogP contribution in [0.1, 0.15) is 56.9 Å². The number of aryl methyl sites for hydroxylation is 1. The predicted octanol–water partition coefficient (Wildman–Crippen LogP) is 7.52. The van der Waals surface area contributed by atoms with E-state index < -0.39 is 6.29 Å². The Balaban J connectivity index is 1.18. The minimum Gasteiger partial charge on any atom is -0.392 e. The van der Waals surface area contributed by atoms with Crippen LogP contribution in [0.3, 0.4) is 0 Å². The Hall–Kier alpha value is -3.86. The number of aromatic nitrogens is 2. The molecule has 1 aliphatic heterocycles. The molecule has 230 valence electrons. The van der Waals surface area contributed by atoms with Gasteiger partial charge in [0.25, 0.3) is 5.91 Å². The van der Waals surface area contributed by atoms with Crippen molar-refractivity contribution in [2.75, 3.05) is 5.75 Å². The molecule has 2 N–H and O–H groups in total. The third-order valence-corrected chi connectivity index (χ3v) is 9.99. The number of nitrogens with zero attached hydrogens (tertiary/aromatic N) is 2. The Morgan fingerprint density at radius 2 is 1.62 bits per heavy atom. The summed E-state index contributed by atoms with van der Waals surface area (Å²) in [5.41, 5.74) is 6.66. The summed E-state index contributed by atoms with van der Waals surface area (Å²) < 4.78 is 14.2. The van der Waals surface area contributed by atoms with Crippen molar-refractivity contribution in [1.29, 1.82) is 0 Å². The number of hydrogen-bond acceptors (Lipinski definition) is 8. The number of aliphatic hydroxyl groups is 1. The highest BCUT2D eigenvalue weighted by Gasteiger charge is 2.38. The van der Waals surface area contributed by atoms with Crippen molar-refractivity contribution < 1.29 is 19.4 Å². The fourth-order valence-electron chi connectivity index (χ4n) is 5.37. The standard InChI is InChI=1S/C36H35N3O4S2/c1-23-32(22-44-36-39-38-24(2)45-36)42-35(43-33(23)28-13-11-25(21-40)12-14-28)30-17-15-27(16-18-30)31-10-6-7-26(19-31)20-37-34(41)29-8-4-3-5-9-29/h3-19,23,32-33,35,40H,20-22H2,1-2H3,(H,37,41)/t23-,32+,33+,35+/m1/s1. The molecule has 0 radical (unpaired) electrons. The maximum Gasteiger partial charge on any atom is 0.251 e. The lowest BCUT2D eigenvalue weighted by Gasteiger charge is -2.41. The topological polar surface area (TPSA) is 93.6 Å². The zero-order chi connectivity index (χ0) is 31.2. The molecule has 0 aliphatic carbocycles. The number of benzene rings is 4. The largest absolute Gasteiger partial charge is 0.392 e. The summed E-state index contributed by atoms with van der Waals surface area (Å²) in [4.78, 5) is 12.5. The second-order valence-corrected chi connectivity index (χ2v) is 13.5. The fraction of sp³-hybridized carbons (Fsp3) is 0.250. The third-order valence-electron chi connectivity index (χ3n) is 7.93. The molecule has 0 unspecified atom stereocenters. The molecular weight excluding hydrogens is 603 g/mol. The zero-order valence-electron chi connectivity index (χ0n) is 25.1. The van der Waals surface area contributed by atoms with Crippen molar-refractivity contribution in [3.8, 4) is 11.1 Å². The van der Waals surface area contributed by atoms with Gasteiger partial charge in [-0.15, -0.1) is 10.2 Å². The summed E-state index contributed by atoms with van der Waals surface area (Å²) in [6.45, 7) is 4.57. The average molecular weight is 638 g/mol. The third kappa shape index (κ3) is 7.69. The maximum atomic E-state index is 12.5. The number of thioether (sulfide) groups is 1. The Labute approximate surface area is 271 Å².